The Labute approximate surface area is 436 Å². The molecule has 74 heavy (non-hydrogen) atoms. The molecule has 2 heterocycles. The minimum atomic E-state index is -1.00. The Bertz CT molecular complexity index is 2410. The number of urea groups is 1. The van der Waals surface area contributed by atoms with Crippen molar-refractivity contribution in [2.24, 2.45) is 0 Å². The SMILES string of the molecule is CCCN1C(=O)[C@H](OCc2ccccc2)[C@@H](OCc2ccccc2)[C@H](OCc2ccccc2)[C@H]1CNC(=O)NC[C@@H]1[C@@H](OCc2ccccc2)[C@H](OCc2ccccc2)[C@@H](OCc2ccccc2)C(=O)N1CCC. The van der Waals surface area contributed by atoms with E-state index in [9.17, 15) is 14.4 Å². The molecule has 6 aromatic carbocycles. The van der Waals surface area contributed by atoms with Crippen molar-refractivity contribution in [3.63, 3.8) is 0 Å². The molecule has 2 saturated heterocycles. The first-order valence-corrected chi connectivity index (χ1v) is 26.0. The smallest absolute Gasteiger partial charge is 0.314 e. The van der Waals surface area contributed by atoms with Crippen LogP contribution in [0.1, 0.15) is 60.1 Å². The molecule has 2 aliphatic heterocycles. The van der Waals surface area contributed by atoms with Crippen LogP contribution in [-0.4, -0.2) is 103 Å². The summed E-state index contributed by atoms with van der Waals surface area (Å²) >= 11 is 0. The summed E-state index contributed by atoms with van der Waals surface area (Å²) in [6.07, 6.45) is -3.86. The van der Waals surface area contributed by atoms with E-state index in [4.69, 9.17) is 28.4 Å². The van der Waals surface area contributed by atoms with Gasteiger partial charge in [-0.25, -0.2) is 4.79 Å². The van der Waals surface area contributed by atoms with Crippen LogP contribution in [0.15, 0.2) is 182 Å². The van der Waals surface area contributed by atoms with Crippen LogP contribution >= 0.6 is 0 Å². The third kappa shape index (κ3) is 14.7. The Morgan fingerprint density at radius 3 is 0.878 bits per heavy atom. The Hall–Kier alpha value is -6.71. The van der Waals surface area contributed by atoms with E-state index in [0.717, 1.165) is 33.4 Å². The summed E-state index contributed by atoms with van der Waals surface area (Å²) in [5.74, 6) is -0.486. The van der Waals surface area contributed by atoms with Crippen molar-refractivity contribution in [2.45, 2.75) is 115 Å². The molecule has 0 radical (unpaired) electrons. The number of hydrogen-bond acceptors (Lipinski definition) is 9. The Balaban J connectivity index is 1.06. The number of nitrogens with one attached hydrogen (secondary N) is 2. The predicted molar refractivity (Wildman–Crippen MR) is 283 cm³/mol. The molecule has 4 amide bonds. The molecule has 2 aliphatic rings. The maximum Gasteiger partial charge on any atom is 0.314 e. The van der Waals surface area contributed by atoms with Crippen molar-refractivity contribution in [3.05, 3.63) is 215 Å². The summed E-state index contributed by atoms with van der Waals surface area (Å²) in [4.78, 5) is 47.7. The van der Waals surface area contributed by atoms with Crippen molar-refractivity contribution in [1.29, 1.82) is 0 Å². The standard InChI is InChI=1S/C61H70N4O9/c1-3-35-64-51(53(69-39-45-23-11-5-12-24-45)55(71-41-47-27-15-7-16-28-47)57(59(64)66)73-43-49-31-19-9-20-32-49)37-62-61(68)63-38-52-54(70-40-46-25-13-6-14-26-46)56(72-42-48-29-17-8-18-30-48)58(60(67)65(52)36-4-2)74-44-50-33-21-10-22-34-50/h5-34,51-58H,3-4,35-44H2,1-2H3,(H2,62,63,68)/t51-,52-,53-,54-,55+,56+,57-,58-/m1/s1. The lowest BCUT2D eigenvalue weighted by Crippen LogP contribution is -2.69. The monoisotopic (exact) mass is 1000 g/mol. The van der Waals surface area contributed by atoms with Crippen LogP contribution in [0.3, 0.4) is 0 Å². The van der Waals surface area contributed by atoms with Gasteiger partial charge in [0.15, 0.2) is 12.2 Å². The van der Waals surface area contributed by atoms with Crippen molar-refractivity contribution in [2.75, 3.05) is 26.2 Å². The third-order valence-corrected chi connectivity index (χ3v) is 13.4. The molecule has 6 aromatic rings. The fourth-order valence-electron chi connectivity index (χ4n) is 9.71. The van der Waals surface area contributed by atoms with E-state index in [1.54, 1.807) is 9.80 Å². The number of amides is 4. The Morgan fingerprint density at radius 1 is 0.378 bits per heavy atom. The highest BCUT2D eigenvalue weighted by Gasteiger charge is 2.52. The van der Waals surface area contributed by atoms with Crippen LogP contribution in [0, 0.1) is 0 Å². The molecule has 8 atom stereocenters. The molecule has 0 bridgehead atoms. The Kier molecular flexibility index (Phi) is 20.3. The van der Waals surface area contributed by atoms with Gasteiger partial charge in [0, 0.05) is 26.2 Å². The molecule has 0 unspecified atom stereocenters. The van der Waals surface area contributed by atoms with E-state index in [-0.39, 0.29) is 64.5 Å². The first-order chi connectivity index (χ1) is 36.4. The van der Waals surface area contributed by atoms with Gasteiger partial charge in [-0.2, -0.15) is 0 Å². The summed E-state index contributed by atoms with van der Waals surface area (Å²) in [5, 5.41) is 6.22. The average molecular weight is 1000 g/mol. The maximum absolute atomic E-state index is 14.9. The lowest BCUT2D eigenvalue weighted by molar-refractivity contribution is -0.208. The number of likely N-dealkylation sites (tertiary alicyclic amines) is 2. The number of rotatable bonds is 26. The number of carbonyl (C=O) groups excluding carboxylic acids is 3. The van der Waals surface area contributed by atoms with Crippen LogP contribution in [-0.2, 0) is 77.7 Å². The molecule has 0 aliphatic carbocycles. The van der Waals surface area contributed by atoms with Gasteiger partial charge in [-0.1, -0.05) is 196 Å². The van der Waals surface area contributed by atoms with Crippen molar-refractivity contribution in [3.8, 4) is 0 Å². The second kappa shape index (κ2) is 28.1. The molecule has 0 spiro atoms. The van der Waals surface area contributed by atoms with Crippen LogP contribution in [0.4, 0.5) is 4.79 Å². The van der Waals surface area contributed by atoms with E-state index in [1.165, 1.54) is 0 Å². The zero-order chi connectivity index (χ0) is 51.3. The van der Waals surface area contributed by atoms with Crippen molar-refractivity contribution in [1.82, 2.24) is 20.4 Å². The molecule has 13 nitrogen and oxygen atoms in total. The van der Waals surface area contributed by atoms with Gasteiger partial charge in [0.1, 0.15) is 24.4 Å². The summed E-state index contributed by atoms with van der Waals surface area (Å²) in [6, 6.07) is 57.0. The number of piperidine rings is 2. The number of ether oxygens (including phenoxy) is 6. The van der Waals surface area contributed by atoms with E-state index < -0.39 is 54.7 Å². The van der Waals surface area contributed by atoms with E-state index >= 15 is 0 Å². The fraction of sp³-hybridized carbons (Fsp3) is 0.361. The quantitative estimate of drug-likeness (QED) is 0.0546. The van der Waals surface area contributed by atoms with Gasteiger partial charge in [0.25, 0.3) is 11.8 Å². The van der Waals surface area contributed by atoms with Crippen LogP contribution in [0.2, 0.25) is 0 Å². The van der Waals surface area contributed by atoms with Gasteiger partial charge in [0.2, 0.25) is 0 Å². The minimum absolute atomic E-state index is 0.0298. The van der Waals surface area contributed by atoms with Gasteiger partial charge in [0.05, 0.1) is 51.7 Å². The largest absolute Gasteiger partial charge is 0.368 e. The second-order valence-electron chi connectivity index (χ2n) is 18.8. The van der Waals surface area contributed by atoms with E-state index in [1.807, 2.05) is 196 Å². The van der Waals surface area contributed by atoms with Crippen LogP contribution < -0.4 is 10.6 Å². The Morgan fingerprint density at radius 2 is 0.622 bits per heavy atom. The highest BCUT2D eigenvalue weighted by molar-refractivity contribution is 5.84. The van der Waals surface area contributed by atoms with Gasteiger partial charge < -0.3 is 48.9 Å². The van der Waals surface area contributed by atoms with Crippen molar-refractivity contribution >= 4 is 17.8 Å². The average Bonchev–Trinajstić information content (AvgIpc) is 3.45. The molecule has 2 N–H and O–H groups in total. The van der Waals surface area contributed by atoms with E-state index in [2.05, 4.69) is 10.6 Å². The summed E-state index contributed by atoms with van der Waals surface area (Å²) in [7, 11) is 0. The van der Waals surface area contributed by atoms with Crippen molar-refractivity contribution < 1.29 is 42.8 Å². The summed E-state index contributed by atoms with van der Waals surface area (Å²) in [6.45, 7) is 6.12. The van der Waals surface area contributed by atoms with Gasteiger partial charge in [-0.05, 0) is 46.2 Å². The first-order valence-electron chi connectivity index (χ1n) is 26.0. The molecule has 2 fully saturated rings. The molecule has 8 rings (SSSR count). The van der Waals surface area contributed by atoms with Gasteiger partial charge >= 0.3 is 6.03 Å². The molecule has 388 valence electrons. The van der Waals surface area contributed by atoms with Crippen LogP contribution in [0.5, 0.6) is 0 Å². The second-order valence-corrected chi connectivity index (χ2v) is 18.8. The predicted octanol–water partition coefficient (Wildman–Crippen LogP) is 9.04. The van der Waals surface area contributed by atoms with Crippen LogP contribution in [0.25, 0.3) is 0 Å². The highest BCUT2D eigenvalue weighted by Crippen LogP contribution is 2.32. The minimum Gasteiger partial charge on any atom is -0.368 e. The lowest BCUT2D eigenvalue weighted by Gasteiger charge is -2.48. The number of nitrogens with zero attached hydrogens (tertiary/aromatic N) is 2. The first kappa shape index (κ1) is 53.6. The van der Waals surface area contributed by atoms with Gasteiger partial charge in [-0.15, -0.1) is 0 Å². The molecule has 13 heteroatoms. The highest BCUT2D eigenvalue weighted by atomic mass is 16.6. The maximum atomic E-state index is 14.9. The zero-order valence-electron chi connectivity index (χ0n) is 42.5. The summed E-state index contributed by atoms with van der Waals surface area (Å²) in [5.41, 5.74) is 5.59. The lowest BCUT2D eigenvalue weighted by atomic mass is 9.91. The number of carbonyl (C=O) groups is 3. The number of benzene rings is 6. The number of hydrogen-bond donors (Lipinski definition) is 2. The van der Waals surface area contributed by atoms with E-state index in [0.29, 0.717) is 25.9 Å². The summed E-state index contributed by atoms with van der Waals surface area (Å²) < 4.78 is 40.4. The normalized spacial score (nSPS) is 21.9. The van der Waals surface area contributed by atoms with Gasteiger partial charge in [-0.3, -0.25) is 9.59 Å². The third-order valence-electron chi connectivity index (χ3n) is 13.4. The molecule has 0 saturated carbocycles. The molecule has 0 aromatic heterocycles. The fourth-order valence-corrected chi connectivity index (χ4v) is 9.71. The molecular formula is C61H70N4O9. The topological polar surface area (TPSA) is 137 Å². The zero-order valence-corrected chi connectivity index (χ0v) is 42.5. The molecular weight excluding hydrogens is 933 g/mol.